The summed E-state index contributed by atoms with van der Waals surface area (Å²) < 4.78 is 32.1. The molecule has 0 atom stereocenters. The van der Waals surface area contributed by atoms with Crippen LogP contribution in [-0.4, -0.2) is 36.3 Å². The number of azo groups is 1. The Morgan fingerprint density at radius 3 is 2.27 bits per heavy atom. The number of hydrogen-bond acceptors (Lipinski definition) is 7. The molecule has 0 aliphatic carbocycles. The highest BCUT2D eigenvalue weighted by Gasteiger charge is 2.17. The van der Waals surface area contributed by atoms with Gasteiger partial charge >= 0.3 is 0 Å². The Hall–Kier alpha value is -3.01. The van der Waals surface area contributed by atoms with Crippen LogP contribution in [-0.2, 0) is 10.1 Å². The average molecular weight is 432 g/mol. The van der Waals surface area contributed by atoms with Crippen molar-refractivity contribution in [3.63, 3.8) is 0 Å². The van der Waals surface area contributed by atoms with E-state index in [0.717, 1.165) is 11.6 Å². The Morgan fingerprint density at radius 2 is 1.67 bits per heavy atom. The summed E-state index contributed by atoms with van der Waals surface area (Å²) in [6.07, 6.45) is 0. The number of fused-ring (bicyclic) bond motifs is 1. The van der Waals surface area contributed by atoms with Gasteiger partial charge in [-0.05, 0) is 36.6 Å². The molecule has 4 N–H and O–H groups in total. The molecule has 0 unspecified atom stereocenters. The van der Waals surface area contributed by atoms with Crippen molar-refractivity contribution >= 4 is 38.0 Å². The van der Waals surface area contributed by atoms with Crippen molar-refractivity contribution < 1.29 is 23.2 Å². The highest BCUT2D eigenvalue weighted by atomic mass is 32.2. The number of benzene rings is 3. The van der Waals surface area contributed by atoms with E-state index in [9.17, 15) is 18.1 Å². The molecule has 0 spiro atoms. The maximum atomic E-state index is 11.4. The smallest absolute Gasteiger partial charge is 0.294 e. The van der Waals surface area contributed by atoms with Gasteiger partial charge in [0, 0.05) is 12.6 Å². The van der Waals surface area contributed by atoms with Crippen LogP contribution in [0.4, 0.5) is 17.1 Å². The molecule has 0 bridgehead atoms. The lowest BCUT2D eigenvalue weighted by molar-refractivity contribution is 0.311. The number of aliphatic hydroxyl groups excluding tert-OH is 1. The number of nitrogens with one attached hydrogen (secondary N) is 1. The molecule has 0 saturated carbocycles. The van der Waals surface area contributed by atoms with Crippen LogP contribution in [0.2, 0.25) is 0 Å². The van der Waals surface area contributed by atoms with Crippen molar-refractivity contribution in [2.24, 2.45) is 10.2 Å². The summed E-state index contributed by atoms with van der Waals surface area (Å²) in [6, 6.07) is 12.8. The molecule has 30 heavy (non-hydrogen) atoms. The molecule has 0 fully saturated rings. The number of aliphatic hydroxyl groups is 1. The molecular formula is C21H25N3O5S. The minimum atomic E-state index is -4.48. The zero-order chi connectivity index (χ0) is 22.3. The first-order valence-electron chi connectivity index (χ1n) is 9.40. The topological polar surface area (TPSA) is 132 Å². The average Bonchev–Trinajstić information content (AvgIpc) is 2.72. The first-order chi connectivity index (χ1) is 14.3. The van der Waals surface area contributed by atoms with Gasteiger partial charge in [0.05, 0.1) is 28.3 Å². The van der Waals surface area contributed by atoms with Crippen LogP contribution in [0.15, 0.2) is 63.7 Å². The van der Waals surface area contributed by atoms with Crippen LogP contribution in [0.3, 0.4) is 0 Å². The zero-order valence-electron chi connectivity index (χ0n) is 17.0. The molecule has 9 heteroatoms. The summed E-state index contributed by atoms with van der Waals surface area (Å²) in [7, 11) is -4.48. The third kappa shape index (κ3) is 5.53. The summed E-state index contributed by atoms with van der Waals surface area (Å²) in [5.74, 6) is -0.365. The predicted octanol–water partition coefficient (Wildman–Crippen LogP) is 4.95. The van der Waals surface area contributed by atoms with Crippen LogP contribution < -0.4 is 5.32 Å². The van der Waals surface area contributed by atoms with Gasteiger partial charge in [-0.15, -0.1) is 5.11 Å². The van der Waals surface area contributed by atoms with E-state index in [1.165, 1.54) is 6.07 Å². The summed E-state index contributed by atoms with van der Waals surface area (Å²) in [4.78, 5) is -0.421. The number of hydrogen-bond donors (Lipinski definition) is 4. The summed E-state index contributed by atoms with van der Waals surface area (Å²) in [6.45, 7) is 6.09. The van der Waals surface area contributed by atoms with E-state index in [1.54, 1.807) is 24.3 Å². The fourth-order valence-corrected chi connectivity index (χ4v) is 3.24. The van der Waals surface area contributed by atoms with E-state index in [2.05, 4.69) is 15.5 Å². The maximum Gasteiger partial charge on any atom is 0.294 e. The summed E-state index contributed by atoms with van der Waals surface area (Å²) >= 11 is 0. The number of rotatable bonds is 6. The molecule has 0 amide bonds. The van der Waals surface area contributed by atoms with Crippen LogP contribution in [0.1, 0.15) is 19.4 Å². The Morgan fingerprint density at radius 1 is 1.00 bits per heavy atom. The molecule has 3 rings (SSSR count). The minimum Gasteiger partial charge on any atom is -0.507 e. The lowest BCUT2D eigenvalue weighted by Crippen LogP contribution is -2.05. The molecule has 8 nitrogen and oxygen atoms in total. The van der Waals surface area contributed by atoms with Crippen molar-refractivity contribution in [2.45, 2.75) is 25.7 Å². The Balaban J connectivity index is 0.00000155. The second-order valence-electron chi connectivity index (χ2n) is 6.16. The van der Waals surface area contributed by atoms with E-state index >= 15 is 0 Å². The minimum absolute atomic E-state index is 0.111. The van der Waals surface area contributed by atoms with Crippen molar-refractivity contribution in [2.75, 3.05) is 18.5 Å². The van der Waals surface area contributed by atoms with Gasteiger partial charge in [0.25, 0.3) is 10.1 Å². The molecule has 0 radical (unpaired) electrons. The first kappa shape index (κ1) is 23.3. The number of phenolic OH excluding ortho intramolecular Hbond substituents is 1. The lowest BCUT2D eigenvalue weighted by Gasteiger charge is -2.12. The van der Waals surface area contributed by atoms with Crippen LogP contribution >= 0.6 is 0 Å². The molecule has 3 aromatic carbocycles. The van der Waals surface area contributed by atoms with Gasteiger partial charge in [0.2, 0.25) is 0 Å². The predicted molar refractivity (Wildman–Crippen MR) is 118 cm³/mol. The molecule has 3 aromatic rings. The SMILES string of the molecule is CC.Cc1ccc(N=Nc2c(NCCO)ccc3cc(S(=O)(=O)O)cc(O)c23)cc1. The highest BCUT2D eigenvalue weighted by Crippen LogP contribution is 2.41. The number of anilines is 1. The van der Waals surface area contributed by atoms with Gasteiger partial charge in [-0.25, -0.2) is 0 Å². The summed E-state index contributed by atoms with van der Waals surface area (Å²) in [5.41, 5.74) is 2.47. The Bertz CT molecular complexity index is 1140. The fourth-order valence-electron chi connectivity index (χ4n) is 2.70. The quantitative estimate of drug-likeness (QED) is 0.323. The lowest BCUT2D eigenvalue weighted by atomic mass is 10.1. The third-order valence-corrected chi connectivity index (χ3v) is 4.90. The van der Waals surface area contributed by atoms with Gasteiger partial charge in [0.15, 0.2) is 0 Å². The second-order valence-corrected chi connectivity index (χ2v) is 7.58. The van der Waals surface area contributed by atoms with E-state index in [4.69, 9.17) is 5.11 Å². The molecule has 0 heterocycles. The van der Waals surface area contributed by atoms with E-state index < -0.39 is 15.0 Å². The number of phenols is 1. The van der Waals surface area contributed by atoms with E-state index in [0.29, 0.717) is 16.8 Å². The van der Waals surface area contributed by atoms with Gasteiger partial charge in [-0.3, -0.25) is 4.55 Å². The van der Waals surface area contributed by atoms with Crippen LogP contribution in [0, 0.1) is 6.92 Å². The molecule has 160 valence electrons. The molecule has 0 aliphatic heterocycles. The molecular weight excluding hydrogens is 406 g/mol. The van der Waals surface area contributed by atoms with Crippen LogP contribution in [0.5, 0.6) is 5.75 Å². The van der Waals surface area contributed by atoms with Gasteiger partial charge < -0.3 is 15.5 Å². The van der Waals surface area contributed by atoms with Crippen molar-refractivity contribution in [3.8, 4) is 5.75 Å². The first-order valence-corrected chi connectivity index (χ1v) is 10.8. The van der Waals surface area contributed by atoms with Gasteiger partial charge in [0.1, 0.15) is 11.4 Å². The molecule has 0 aromatic heterocycles. The maximum absolute atomic E-state index is 11.4. The standard InChI is InChI=1S/C19H19N3O5S.C2H6/c1-12-2-5-14(6-3-12)21-22-19-16(20-8-9-23)7-4-13-10-15(28(25,26)27)11-17(24)18(13)19;1-2/h2-7,10-11,20,23-24H,8-9H2,1H3,(H,25,26,27);1-2H3. The van der Waals surface area contributed by atoms with Crippen molar-refractivity contribution in [3.05, 3.63) is 54.1 Å². The van der Waals surface area contributed by atoms with Gasteiger partial charge in [-0.1, -0.05) is 37.6 Å². The second kappa shape index (κ2) is 10.1. The molecule has 0 aliphatic rings. The van der Waals surface area contributed by atoms with Gasteiger partial charge in [-0.2, -0.15) is 13.5 Å². The highest BCUT2D eigenvalue weighted by molar-refractivity contribution is 7.85. The largest absolute Gasteiger partial charge is 0.507 e. The summed E-state index contributed by atoms with van der Waals surface area (Å²) in [5, 5.41) is 31.6. The third-order valence-electron chi connectivity index (χ3n) is 4.07. The van der Waals surface area contributed by atoms with E-state index in [-0.39, 0.29) is 30.0 Å². The van der Waals surface area contributed by atoms with Crippen molar-refractivity contribution in [1.82, 2.24) is 0 Å². The van der Waals surface area contributed by atoms with Crippen LogP contribution in [0.25, 0.3) is 10.8 Å². The van der Waals surface area contributed by atoms with Crippen molar-refractivity contribution in [1.29, 1.82) is 0 Å². The number of aryl methyl sites for hydroxylation is 1. The fraction of sp³-hybridized carbons (Fsp3) is 0.238. The number of nitrogens with zero attached hydrogens (tertiary/aromatic N) is 2. The monoisotopic (exact) mass is 431 g/mol. The number of aromatic hydroxyl groups is 1. The zero-order valence-corrected chi connectivity index (χ0v) is 17.8. The molecule has 0 saturated heterocycles. The Labute approximate surface area is 175 Å². The Kier molecular flexibility index (Phi) is 7.87. The normalized spacial score (nSPS) is 11.4. The van der Waals surface area contributed by atoms with E-state index in [1.807, 2.05) is 32.9 Å².